The number of ketones is 1. The molecule has 0 spiro atoms. The Labute approximate surface area is 174 Å². The summed E-state index contributed by atoms with van der Waals surface area (Å²) in [5, 5.41) is 0.543. The molecule has 2 nitrogen and oxygen atoms in total. The Morgan fingerprint density at radius 2 is 1.89 bits per heavy atom. The summed E-state index contributed by atoms with van der Waals surface area (Å²) in [5.74, 6) is 5.12. The van der Waals surface area contributed by atoms with Crippen LogP contribution in [0.1, 0.15) is 78.1 Å². The molecule has 154 valence electrons. The maximum absolute atomic E-state index is 12.4. The minimum atomic E-state index is 0.307. The van der Waals surface area contributed by atoms with Crippen LogP contribution in [0, 0.1) is 46.3 Å². The number of methoxy groups -OCH3 is 1. The van der Waals surface area contributed by atoms with Gasteiger partial charge in [-0.2, -0.15) is 0 Å². The van der Waals surface area contributed by atoms with Crippen molar-refractivity contribution in [3.63, 3.8) is 0 Å². The molecule has 0 amide bonds. The number of hydrogen-bond acceptors (Lipinski definition) is 2. The first kappa shape index (κ1) is 20.4. The van der Waals surface area contributed by atoms with Crippen molar-refractivity contribution in [3.8, 4) is 0 Å². The van der Waals surface area contributed by atoms with E-state index in [1.54, 1.807) is 0 Å². The zero-order valence-corrected chi connectivity index (χ0v) is 19.2. The first-order valence-corrected chi connectivity index (χ1v) is 12.6. The van der Waals surface area contributed by atoms with Gasteiger partial charge in [-0.25, -0.2) is 0 Å². The highest BCUT2D eigenvalue weighted by Gasteiger charge is 2.59. The molecule has 0 aromatic rings. The highest BCUT2D eigenvalue weighted by Crippen LogP contribution is 2.66. The molecule has 0 bridgehead atoms. The van der Waals surface area contributed by atoms with E-state index in [0.29, 0.717) is 27.9 Å². The molecule has 4 rings (SSSR count). The Morgan fingerprint density at radius 1 is 1.07 bits per heavy atom. The van der Waals surface area contributed by atoms with Crippen molar-refractivity contribution >= 4 is 21.7 Å². The number of alkyl halides is 1. The van der Waals surface area contributed by atoms with Crippen molar-refractivity contribution in [2.24, 2.45) is 46.3 Å². The van der Waals surface area contributed by atoms with Crippen LogP contribution in [0.3, 0.4) is 0 Å². The summed E-state index contributed by atoms with van der Waals surface area (Å²) >= 11 is 3.42. The zero-order valence-electron chi connectivity index (χ0n) is 17.6. The predicted molar refractivity (Wildman–Crippen MR) is 114 cm³/mol. The van der Waals surface area contributed by atoms with E-state index in [-0.39, 0.29) is 0 Å². The van der Waals surface area contributed by atoms with Gasteiger partial charge in [0.2, 0.25) is 0 Å². The van der Waals surface area contributed by atoms with E-state index in [0.717, 1.165) is 49.0 Å². The Balaban J connectivity index is 1.58. The van der Waals surface area contributed by atoms with Crippen molar-refractivity contribution in [2.45, 2.75) is 78.1 Å². The zero-order chi connectivity index (χ0) is 19.2. The Morgan fingerprint density at radius 3 is 2.63 bits per heavy atom. The van der Waals surface area contributed by atoms with Crippen LogP contribution in [0.5, 0.6) is 0 Å². The van der Waals surface area contributed by atoms with Gasteiger partial charge >= 0.3 is 0 Å². The number of halogens is 1. The average Bonchev–Trinajstić information content (AvgIpc) is 2.66. The lowest BCUT2D eigenvalue weighted by Gasteiger charge is -2.63. The summed E-state index contributed by atoms with van der Waals surface area (Å²) in [4.78, 5) is 12.4. The molecule has 27 heavy (non-hydrogen) atoms. The van der Waals surface area contributed by atoms with E-state index >= 15 is 0 Å². The summed E-state index contributed by atoms with van der Waals surface area (Å²) in [6.45, 7) is 5.97. The Bertz CT molecular complexity index is 563. The molecule has 0 aliphatic heterocycles. The molecule has 0 radical (unpaired) electrons. The van der Waals surface area contributed by atoms with Crippen LogP contribution in [-0.2, 0) is 9.53 Å². The predicted octanol–water partition coefficient (Wildman–Crippen LogP) is 6.26. The molecular formula is C24H39BrO2. The molecule has 4 fully saturated rings. The van der Waals surface area contributed by atoms with Crippen molar-refractivity contribution in [3.05, 3.63) is 0 Å². The van der Waals surface area contributed by atoms with Crippen molar-refractivity contribution in [1.82, 2.24) is 0 Å². The third kappa shape index (κ3) is 3.37. The van der Waals surface area contributed by atoms with Crippen LogP contribution in [-0.4, -0.2) is 24.8 Å². The van der Waals surface area contributed by atoms with Crippen LogP contribution < -0.4 is 0 Å². The van der Waals surface area contributed by atoms with Crippen LogP contribution in [0.4, 0.5) is 0 Å². The molecule has 0 heterocycles. The molecule has 8 atom stereocenters. The summed E-state index contributed by atoms with van der Waals surface area (Å²) in [6, 6.07) is 0. The Kier molecular flexibility index (Phi) is 5.85. The monoisotopic (exact) mass is 438 g/mol. The van der Waals surface area contributed by atoms with Crippen LogP contribution in [0.15, 0.2) is 0 Å². The van der Waals surface area contributed by atoms with Gasteiger partial charge in [0.25, 0.3) is 0 Å². The largest absolute Gasteiger partial charge is 0.384 e. The molecule has 0 N–H and O–H groups in total. The first-order chi connectivity index (χ1) is 12.9. The number of fused-ring (bicyclic) bond motifs is 5. The summed E-state index contributed by atoms with van der Waals surface area (Å²) in [5.41, 5.74) is 0.846. The number of ether oxygens (including phenoxy) is 1. The summed E-state index contributed by atoms with van der Waals surface area (Å²) in [6.07, 6.45) is 13.3. The highest BCUT2D eigenvalue weighted by atomic mass is 79.9. The van der Waals surface area contributed by atoms with Gasteiger partial charge in [0, 0.05) is 13.0 Å². The van der Waals surface area contributed by atoms with Gasteiger partial charge in [0.1, 0.15) is 5.78 Å². The lowest BCUT2D eigenvalue weighted by Crippen LogP contribution is -2.57. The van der Waals surface area contributed by atoms with Crippen LogP contribution >= 0.6 is 15.9 Å². The van der Waals surface area contributed by atoms with Gasteiger partial charge in [-0.15, -0.1) is 0 Å². The van der Waals surface area contributed by atoms with Crippen LogP contribution in [0.25, 0.3) is 0 Å². The van der Waals surface area contributed by atoms with E-state index in [9.17, 15) is 4.79 Å². The Hall–Kier alpha value is 0.110. The molecule has 0 saturated heterocycles. The fraction of sp³-hybridized carbons (Fsp3) is 0.958. The van der Waals surface area contributed by atoms with E-state index in [2.05, 4.69) is 29.8 Å². The second-order valence-corrected chi connectivity index (χ2v) is 11.5. The lowest BCUT2D eigenvalue weighted by molar-refractivity contribution is -0.164. The minimum Gasteiger partial charge on any atom is -0.384 e. The number of Topliss-reactive ketones (excluding diaryl/α,β-unsaturated/α-hetero) is 1. The molecule has 0 aromatic carbocycles. The summed E-state index contributed by atoms with van der Waals surface area (Å²) < 4.78 is 5.90. The third-order valence-corrected chi connectivity index (χ3v) is 10.2. The number of carbonyl (C=O) groups is 1. The van der Waals surface area contributed by atoms with Crippen molar-refractivity contribution in [2.75, 3.05) is 19.0 Å². The third-order valence-electron chi connectivity index (χ3n) is 9.68. The molecule has 4 aliphatic rings. The summed E-state index contributed by atoms with van der Waals surface area (Å²) in [7, 11) is 1.93. The molecule has 4 aliphatic carbocycles. The van der Waals surface area contributed by atoms with E-state index in [1.165, 1.54) is 51.4 Å². The average molecular weight is 439 g/mol. The maximum atomic E-state index is 12.4. The second-order valence-electron chi connectivity index (χ2n) is 11.0. The normalized spacial score (nSPS) is 49.6. The molecular weight excluding hydrogens is 400 g/mol. The fourth-order valence-corrected chi connectivity index (χ4v) is 8.91. The van der Waals surface area contributed by atoms with Gasteiger partial charge in [-0.05, 0) is 98.2 Å². The topological polar surface area (TPSA) is 26.3 Å². The molecule has 3 heteroatoms. The highest BCUT2D eigenvalue weighted by molar-refractivity contribution is 9.09. The molecule has 0 aromatic heterocycles. The van der Waals surface area contributed by atoms with Crippen LogP contribution in [0.2, 0.25) is 0 Å². The van der Waals surface area contributed by atoms with Gasteiger partial charge in [0.05, 0.1) is 11.9 Å². The fourth-order valence-electron chi connectivity index (χ4n) is 8.45. The smallest absolute Gasteiger partial charge is 0.146 e. The van der Waals surface area contributed by atoms with E-state index in [4.69, 9.17) is 4.74 Å². The molecule has 4 saturated carbocycles. The number of carbonyl (C=O) groups excluding carboxylic acids is 1. The van der Waals surface area contributed by atoms with Gasteiger partial charge < -0.3 is 4.74 Å². The maximum Gasteiger partial charge on any atom is 0.146 e. The second kappa shape index (κ2) is 7.74. The standard InChI is InChI=1S/C24H39BrO2/c1-16-8-11-24(15-27-3)18(12-16)5-6-19-20-7-4-17(22(26)14-25)13-23(20,2)10-9-21(19)24/h16-21H,4-15H2,1-3H3. The first-order valence-electron chi connectivity index (χ1n) is 11.5. The lowest BCUT2D eigenvalue weighted by atomic mass is 9.42. The quantitative estimate of drug-likeness (QED) is 0.483. The van der Waals surface area contributed by atoms with Gasteiger partial charge in [-0.3, -0.25) is 4.79 Å². The van der Waals surface area contributed by atoms with Gasteiger partial charge in [0.15, 0.2) is 0 Å². The number of hydrogen-bond donors (Lipinski definition) is 0. The van der Waals surface area contributed by atoms with E-state index in [1.807, 2.05) is 7.11 Å². The van der Waals surface area contributed by atoms with Crippen molar-refractivity contribution in [1.29, 1.82) is 0 Å². The minimum absolute atomic E-state index is 0.307. The number of rotatable bonds is 4. The SMILES string of the molecule is COCC12CCC(C)CC1CCC1C3CCC(C(=O)CBr)CC3(C)CCC12. The molecule has 8 unspecified atom stereocenters. The van der Waals surface area contributed by atoms with Crippen molar-refractivity contribution < 1.29 is 9.53 Å². The van der Waals surface area contributed by atoms with E-state index < -0.39 is 0 Å². The van der Waals surface area contributed by atoms with Gasteiger partial charge in [-0.1, -0.05) is 36.2 Å².